The van der Waals surface area contributed by atoms with Crippen LogP contribution in [0.2, 0.25) is 0 Å². The van der Waals surface area contributed by atoms with Gasteiger partial charge in [0.1, 0.15) is 29.9 Å². The van der Waals surface area contributed by atoms with Crippen molar-refractivity contribution in [3.05, 3.63) is 35.2 Å². The van der Waals surface area contributed by atoms with Gasteiger partial charge in [-0.25, -0.2) is 9.98 Å². The highest BCUT2D eigenvalue weighted by molar-refractivity contribution is 6.05. The molecule has 1 aromatic heterocycles. The zero-order valence-corrected chi connectivity index (χ0v) is 18.2. The van der Waals surface area contributed by atoms with Gasteiger partial charge in [0.15, 0.2) is 11.3 Å². The minimum atomic E-state index is -1.50. The highest BCUT2D eigenvalue weighted by Crippen LogP contribution is 2.34. The summed E-state index contributed by atoms with van der Waals surface area (Å²) in [5, 5.41) is 17.0. The summed E-state index contributed by atoms with van der Waals surface area (Å²) in [4.78, 5) is 37.9. The van der Waals surface area contributed by atoms with E-state index in [0.717, 1.165) is 0 Å². The third-order valence-electron chi connectivity index (χ3n) is 5.18. The van der Waals surface area contributed by atoms with Gasteiger partial charge in [0, 0.05) is 19.5 Å². The summed E-state index contributed by atoms with van der Waals surface area (Å²) in [6.07, 6.45) is 1.38. The first-order valence-corrected chi connectivity index (χ1v) is 10.1. The Balaban J connectivity index is 1.77. The van der Waals surface area contributed by atoms with E-state index in [4.69, 9.17) is 15.3 Å². The van der Waals surface area contributed by atoms with Crippen LogP contribution in [0.25, 0.3) is 11.4 Å². The maximum atomic E-state index is 12.4. The lowest BCUT2D eigenvalue weighted by atomic mass is 9.97. The zero-order chi connectivity index (χ0) is 23.8. The van der Waals surface area contributed by atoms with Crippen molar-refractivity contribution in [2.75, 3.05) is 13.7 Å². The fraction of sp³-hybridized carbons (Fsp3) is 0.318. The number of fused-ring (bicyclic) bond motifs is 3. The van der Waals surface area contributed by atoms with Crippen LogP contribution in [0.15, 0.2) is 28.3 Å². The summed E-state index contributed by atoms with van der Waals surface area (Å²) in [6.45, 7) is 3.73. The van der Waals surface area contributed by atoms with Crippen LogP contribution in [0.5, 0.6) is 5.75 Å². The van der Waals surface area contributed by atoms with Crippen LogP contribution >= 0.6 is 0 Å². The second-order valence-electron chi connectivity index (χ2n) is 7.62. The average Bonchev–Trinajstić information content (AvgIpc) is 3.08. The summed E-state index contributed by atoms with van der Waals surface area (Å²) in [5.41, 5.74) is 5.03. The molecule has 4 rings (SSSR count). The number of oxime groups is 1. The Kier molecular flexibility index (Phi) is 5.61. The first kappa shape index (κ1) is 22.0. The SMILES string of the molecule is CNC(=O)c1c(C(N)=O)nc2n1CCOc1ccc(C#C[C@@](C)(O)C3C=NOC(C)=N3)cc1-2. The Hall–Kier alpha value is -4.17. The quantitative estimate of drug-likeness (QED) is 0.572. The Morgan fingerprint density at radius 1 is 1.39 bits per heavy atom. The first-order chi connectivity index (χ1) is 15.7. The Morgan fingerprint density at radius 2 is 2.18 bits per heavy atom. The van der Waals surface area contributed by atoms with Crippen molar-refractivity contribution < 1.29 is 24.3 Å². The van der Waals surface area contributed by atoms with Crippen LogP contribution < -0.4 is 15.8 Å². The number of nitrogens with two attached hydrogens (primary N) is 1. The van der Waals surface area contributed by atoms with Gasteiger partial charge >= 0.3 is 0 Å². The number of benzene rings is 1. The Bertz CT molecular complexity index is 1260. The van der Waals surface area contributed by atoms with Gasteiger partial charge in [0.2, 0.25) is 5.90 Å². The predicted molar refractivity (Wildman–Crippen MR) is 119 cm³/mol. The third-order valence-corrected chi connectivity index (χ3v) is 5.18. The van der Waals surface area contributed by atoms with Crippen molar-refractivity contribution in [3.8, 4) is 29.0 Å². The number of primary amides is 1. The van der Waals surface area contributed by atoms with E-state index in [1.54, 1.807) is 29.7 Å². The smallest absolute Gasteiger partial charge is 0.270 e. The number of aliphatic imine (C=N–C) groups is 1. The number of carbonyl (C=O) groups excluding carboxylic acids is 2. The number of hydrogen-bond acceptors (Lipinski definition) is 8. The number of aromatic nitrogens is 2. The molecule has 2 aliphatic rings. The molecule has 0 spiro atoms. The Labute approximate surface area is 189 Å². The molecule has 33 heavy (non-hydrogen) atoms. The Morgan fingerprint density at radius 3 is 2.88 bits per heavy atom. The molecule has 170 valence electrons. The second-order valence-corrected chi connectivity index (χ2v) is 7.62. The molecule has 0 bridgehead atoms. The van der Waals surface area contributed by atoms with E-state index in [2.05, 4.69) is 32.3 Å². The van der Waals surface area contributed by atoms with Crippen molar-refractivity contribution in [3.63, 3.8) is 0 Å². The van der Waals surface area contributed by atoms with Gasteiger partial charge in [0.25, 0.3) is 11.8 Å². The van der Waals surface area contributed by atoms with Crippen molar-refractivity contribution >= 4 is 23.9 Å². The molecule has 3 heterocycles. The summed E-state index contributed by atoms with van der Waals surface area (Å²) in [5.74, 6) is 5.69. The monoisotopic (exact) mass is 450 g/mol. The molecular formula is C22H22N6O5. The lowest BCUT2D eigenvalue weighted by Gasteiger charge is -2.23. The maximum absolute atomic E-state index is 12.4. The molecule has 0 saturated heterocycles. The number of rotatable bonds is 3. The van der Waals surface area contributed by atoms with Gasteiger partial charge in [-0.05, 0) is 25.1 Å². The average molecular weight is 450 g/mol. The van der Waals surface area contributed by atoms with E-state index in [0.29, 0.717) is 35.1 Å². The number of nitrogens with one attached hydrogen (secondary N) is 1. The molecule has 1 unspecified atom stereocenters. The minimum absolute atomic E-state index is 0.0721. The largest absolute Gasteiger partial charge is 0.491 e. The van der Waals surface area contributed by atoms with Crippen molar-refractivity contribution in [1.29, 1.82) is 0 Å². The summed E-state index contributed by atoms with van der Waals surface area (Å²) < 4.78 is 7.42. The molecule has 2 aliphatic heterocycles. The highest BCUT2D eigenvalue weighted by atomic mass is 16.6. The van der Waals surface area contributed by atoms with Crippen molar-refractivity contribution in [1.82, 2.24) is 14.9 Å². The molecule has 0 radical (unpaired) electrons. The molecule has 11 heteroatoms. The lowest BCUT2D eigenvalue weighted by molar-refractivity contribution is 0.0933. The summed E-state index contributed by atoms with van der Waals surface area (Å²) >= 11 is 0. The number of imidazole rings is 1. The number of aliphatic hydroxyl groups is 1. The standard InChI is InChI=1S/C22H22N6O5/c1-12-26-16(11-25-33-12)22(2,31)7-6-13-4-5-15-14(10-13)20-27-17(19(23)29)18(21(30)24-3)28(20)8-9-32-15/h4-5,10-11,16,31H,8-9H2,1-3H3,(H2,23,29)(H,24,30)/t16?,22-/m1/s1. The molecule has 2 atom stereocenters. The molecule has 1 aromatic carbocycles. The molecule has 11 nitrogen and oxygen atoms in total. The van der Waals surface area contributed by atoms with Gasteiger partial charge in [-0.2, -0.15) is 0 Å². The minimum Gasteiger partial charge on any atom is -0.491 e. The fourth-order valence-corrected chi connectivity index (χ4v) is 3.51. The number of amides is 2. The molecule has 0 saturated carbocycles. The number of carbonyl (C=O) groups is 2. The van der Waals surface area contributed by atoms with Crippen LogP contribution in [0.4, 0.5) is 0 Å². The van der Waals surface area contributed by atoms with Crippen LogP contribution in [0.1, 0.15) is 40.4 Å². The van der Waals surface area contributed by atoms with Crippen LogP contribution in [-0.2, 0) is 11.4 Å². The van der Waals surface area contributed by atoms with Gasteiger partial charge in [-0.1, -0.05) is 17.0 Å². The van der Waals surface area contributed by atoms with E-state index < -0.39 is 23.5 Å². The zero-order valence-electron chi connectivity index (χ0n) is 18.2. The normalized spacial score (nSPS) is 18.1. The summed E-state index contributed by atoms with van der Waals surface area (Å²) in [7, 11) is 1.46. The van der Waals surface area contributed by atoms with Crippen LogP contribution in [0.3, 0.4) is 0 Å². The van der Waals surface area contributed by atoms with Crippen molar-refractivity contribution in [2.45, 2.75) is 32.0 Å². The first-order valence-electron chi connectivity index (χ1n) is 10.1. The van der Waals surface area contributed by atoms with E-state index in [1.165, 1.54) is 20.2 Å². The summed E-state index contributed by atoms with van der Waals surface area (Å²) in [6, 6.07) is 4.49. The predicted octanol–water partition coefficient (Wildman–Crippen LogP) is 0.307. The van der Waals surface area contributed by atoms with E-state index in [-0.39, 0.29) is 18.0 Å². The molecule has 0 aliphatic carbocycles. The molecule has 2 aromatic rings. The molecule has 2 amide bonds. The van der Waals surface area contributed by atoms with E-state index in [9.17, 15) is 14.7 Å². The van der Waals surface area contributed by atoms with Gasteiger partial charge in [-0.3, -0.25) is 9.59 Å². The third kappa shape index (κ3) is 4.16. The van der Waals surface area contributed by atoms with Crippen LogP contribution in [0, 0.1) is 11.8 Å². The van der Waals surface area contributed by atoms with Gasteiger partial charge < -0.3 is 30.3 Å². The molecular weight excluding hydrogens is 428 g/mol. The highest BCUT2D eigenvalue weighted by Gasteiger charge is 2.31. The van der Waals surface area contributed by atoms with E-state index >= 15 is 0 Å². The van der Waals surface area contributed by atoms with Gasteiger partial charge in [-0.15, -0.1) is 0 Å². The fourth-order valence-electron chi connectivity index (χ4n) is 3.51. The second kappa shape index (κ2) is 8.40. The number of hydrogen-bond donors (Lipinski definition) is 3. The lowest BCUT2D eigenvalue weighted by Crippen LogP contribution is -2.39. The van der Waals surface area contributed by atoms with Crippen molar-refractivity contribution in [2.24, 2.45) is 15.9 Å². The number of nitrogens with zero attached hydrogens (tertiary/aromatic N) is 4. The number of ether oxygens (including phenoxy) is 1. The van der Waals surface area contributed by atoms with Gasteiger partial charge in [0.05, 0.1) is 18.3 Å². The topological polar surface area (TPSA) is 153 Å². The van der Waals surface area contributed by atoms with Crippen LogP contribution in [-0.4, -0.2) is 63.9 Å². The molecule has 4 N–H and O–H groups in total. The van der Waals surface area contributed by atoms with E-state index in [1.807, 2.05) is 0 Å². The molecule has 0 fully saturated rings. The maximum Gasteiger partial charge on any atom is 0.270 e.